The zero-order valence-electron chi connectivity index (χ0n) is 5.29. The molecule has 0 unspecified atom stereocenters. The Morgan fingerprint density at radius 2 is 2.10 bits per heavy atom. The Labute approximate surface area is 87.2 Å². The first-order chi connectivity index (χ1) is 4.61. The van der Waals surface area contributed by atoms with E-state index in [4.69, 9.17) is 11.6 Å². The van der Waals surface area contributed by atoms with E-state index in [0.717, 1.165) is 13.1 Å². The van der Waals surface area contributed by atoms with E-state index in [1.165, 1.54) is 5.56 Å². The van der Waals surface area contributed by atoms with Gasteiger partial charge in [-0.2, -0.15) is 0 Å². The van der Waals surface area contributed by atoms with Crippen LogP contribution < -0.4 is 0 Å². The van der Waals surface area contributed by atoms with E-state index in [1.807, 2.05) is 19.1 Å². The number of hydrogen-bond acceptors (Lipinski definition) is 0. The van der Waals surface area contributed by atoms with Crippen molar-refractivity contribution in [3.63, 3.8) is 0 Å². The fraction of sp³-hybridized carbons (Fsp3) is 0.143. The number of rotatable bonds is 0. The fourth-order valence-corrected chi connectivity index (χ4v) is 1.96. The first-order valence-electron chi connectivity index (χ1n) is 2.72. The van der Waals surface area contributed by atoms with Crippen LogP contribution in [0, 0.1) is 10.5 Å². The van der Waals surface area contributed by atoms with E-state index in [1.54, 1.807) is 0 Å². The van der Waals surface area contributed by atoms with E-state index >= 15 is 0 Å². The van der Waals surface area contributed by atoms with E-state index in [-0.39, 0.29) is 0 Å². The van der Waals surface area contributed by atoms with Gasteiger partial charge < -0.3 is 0 Å². The van der Waals surface area contributed by atoms with Crippen LogP contribution >= 0.6 is 50.1 Å². The summed E-state index contributed by atoms with van der Waals surface area (Å²) in [6.07, 6.45) is 0. The van der Waals surface area contributed by atoms with Gasteiger partial charge in [-0.1, -0.05) is 11.6 Å². The SMILES string of the molecule is Cc1cc(Cl)c(I)c(Br)c1. The van der Waals surface area contributed by atoms with E-state index in [0.29, 0.717) is 0 Å². The molecule has 0 aliphatic rings. The molecule has 0 N–H and O–H groups in total. The second-order valence-electron chi connectivity index (χ2n) is 2.04. The van der Waals surface area contributed by atoms with Crippen LogP contribution in [0.1, 0.15) is 5.56 Å². The van der Waals surface area contributed by atoms with Crippen LogP contribution in [-0.4, -0.2) is 0 Å². The molecule has 0 heterocycles. The van der Waals surface area contributed by atoms with Gasteiger partial charge in [-0.3, -0.25) is 0 Å². The molecule has 0 aliphatic heterocycles. The van der Waals surface area contributed by atoms with Gasteiger partial charge in [0.05, 0.1) is 5.02 Å². The van der Waals surface area contributed by atoms with E-state index in [2.05, 4.69) is 38.5 Å². The summed E-state index contributed by atoms with van der Waals surface area (Å²) in [5.41, 5.74) is 1.18. The summed E-state index contributed by atoms with van der Waals surface area (Å²) < 4.78 is 2.14. The van der Waals surface area contributed by atoms with Crippen LogP contribution in [0.5, 0.6) is 0 Å². The summed E-state index contributed by atoms with van der Waals surface area (Å²) in [6, 6.07) is 4.00. The molecular formula is C7H5BrClI. The molecule has 0 saturated heterocycles. The maximum Gasteiger partial charge on any atom is 0.0553 e. The standard InChI is InChI=1S/C7H5BrClI/c1-4-2-5(8)7(10)6(9)3-4/h2-3H,1H3. The van der Waals surface area contributed by atoms with Crippen LogP contribution in [0.2, 0.25) is 5.02 Å². The Balaban J connectivity index is 3.31. The zero-order chi connectivity index (χ0) is 7.72. The number of benzene rings is 1. The van der Waals surface area contributed by atoms with Crippen LogP contribution in [0.3, 0.4) is 0 Å². The summed E-state index contributed by atoms with van der Waals surface area (Å²) in [5.74, 6) is 0. The molecule has 0 aromatic heterocycles. The predicted molar refractivity (Wildman–Crippen MR) is 56.6 cm³/mol. The van der Waals surface area contributed by atoms with Gasteiger partial charge in [-0.25, -0.2) is 0 Å². The van der Waals surface area contributed by atoms with Crippen molar-refractivity contribution in [3.8, 4) is 0 Å². The lowest BCUT2D eigenvalue weighted by atomic mass is 10.2. The lowest BCUT2D eigenvalue weighted by Crippen LogP contribution is -1.79. The topological polar surface area (TPSA) is 0 Å². The molecule has 0 radical (unpaired) electrons. The Kier molecular flexibility index (Phi) is 3.01. The minimum atomic E-state index is 0.812. The van der Waals surface area contributed by atoms with Gasteiger partial charge in [0.2, 0.25) is 0 Å². The van der Waals surface area contributed by atoms with Crippen LogP contribution in [-0.2, 0) is 0 Å². The van der Waals surface area contributed by atoms with E-state index < -0.39 is 0 Å². The van der Waals surface area contributed by atoms with Crippen LogP contribution in [0.4, 0.5) is 0 Å². The van der Waals surface area contributed by atoms with Gasteiger partial charge in [0.15, 0.2) is 0 Å². The lowest BCUT2D eigenvalue weighted by molar-refractivity contribution is 1.43. The molecule has 0 spiro atoms. The van der Waals surface area contributed by atoms with Crippen molar-refractivity contribution in [1.29, 1.82) is 0 Å². The number of hydrogen-bond donors (Lipinski definition) is 0. The maximum atomic E-state index is 5.88. The van der Waals surface area contributed by atoms with Gasteiger partial charge in [0, 0.05) is 8.04 Å². The normalized spacial score (nSPS) is 10.0. The molecule has 0 bridgehead atoms. The highest BCUT2D eigenvalue weighted by Gasteiger charge is 2.01. The van der Waals surface area contributed by atoms with Crippen molar-refractivity contribution in [2.24, 2.45) is 0 Å². The van der Waals surface area contributed by atoms with Gasteiger partial charge in [-0.05, 0) is 63.1 Å². The molecule has 1 aromatic rings. The highest BCUT2D eigenvalue weighted by Crippen LogP contribution is 2.27. The predicted octanol–water partition coefficient (Wildman–Crippen LogP) is 4.02. The molecule has 0 amide bonds. The third kappa shape index (κ3) is 1.86. The molecule has 10 heavy (non-hydrogen) atoms. The van der Waals surface area contributed by atoms with Gasteiger partial charge in [-0.15, -0.1) is 0 Å². The molecule has 3 heteroatoms. The monoisotopic (exact) mass is 330 g/mol. The minimum absolute atomic E-state index is 0.812. The Hall–Kier alpha value is 0.720. The average Bonchev–Trinajstić information content (AvgIpc) is 1.82. The van der Waals surface area contributed by atoms with Crippen molar-refractivity contribution in [3.05, 3.63) is 30.8 Å². The molecule has 0 atom stereocenters. The molecule has 0 aliphatic carbocycles. The summed E-state index contributed by atoms with van der Waals surface area (Å²) in [6.45, 7) is 2.02. The Morgan fingerprint density at radius 1 is 1.50 bits per heavy atom. The van der Waals surface area contributed by atoms with Crippen molar-refractivity contribution in [2.75, 3.05) is 0 Å². The Bertz CT molecular complexity index is 237. The van der Waals surface area contributed by atoms with Crippen molar-refractivity contribution in [1.82, 2.24) is 0 Å². The van der Waals surface area contributed by atoms with Crippen LogP contribution in [0.25, 0.3) is 0 Å². The molecule has 1 rings (SSSR count). The second kappa shape index (κ2) is 3.41. The maximum absolute atomic E-state index is 5.88. The van der Waals surface area contributed by atoms with Crippen molar-refractivity contribution in [2.45, 2.75) is 6.92 Å². The fourth-order valence-electron chi connectivity index (χ4n) is 0.682. The highest BCUT2D eigenvalue weighted by atomic mass is 127. The van der Waals surface area contributed by atoms with Gasteiger partial charge in [0.1, 0.15) is 0 Å². The summed E-state index contributed by atoms with van der Waals surface area (Å²) in [4.78, 5) is 0. The van der Waals surface area contributed by atoms with E-state index in [9.17, 15) is 0 Å². The summed E-state index contributed by atoms with van der Waals surface area (Å²) >= 11 is 11.5. The lowest BCUT2D eigenvalue weighted by Gasteiger charge is -1.99. The molecule has 0 fully saturated rings. The van der Waals surface area contributed by atoms with Gasteiger partial charge >= 0.3 is 0 Å². The van der Waals surface area contributed by atoms with Gasteiger partial charge in [0.25, 0.3) is 0 Å². The quantitative estimate of drug-likeness (QED) is 0.498. The molecule has 0 nitrogen and oxygen atoms in total. The summed E-state index contributed by atoms with van der Waals surface area (Å²) in [5, 5.41) is 0.812. The first kappa shape index (κ1) is 8.81. The third-order valence-corrected chi connectivity index (χ3v) is 4.27. The minimum Gasteiger partial charge on any atom is -0.0831 e. The Morgan fingerprint density at radius 3 is 2.60 bits per heavy atom. The van der Waals surface area contributed by atoms with Crippen molar-refractivity contribution >= 4 is 50.1 Å². The zero-order valence-corrected chi connectivity index (χ0v) is 9.79. The van der Waals surface area contributed by atoms with Crippen molar-refractivity contribution < 1.29 is 0 Å². The number of aryl methyl sites for hydroxylation is 1. The highest BCUT2D eigenvalue weighted by molar-refractivity contribution is 14.1. The first-order valence-corrected chi connectivity index (χ1v) is 4.97. The smallest absolute Gasteiger partial charge is 0.0553 e. The van der Waals surface area contributed by atoms with Crippen LogP contribution in [0.15, 0.2) is 16.6 Å². The largest absolute Gasteiger partial charge is 0.0831 e. The third-order valence-electron chi connectivity index (χ3n) is 1.13. The summed E-state index contributed by atoms with van der Waals surface area (Å²) in [7, 11) is 0. The molecule has 1 aromatic carbocycles. The molecular weight excluding hydrogens is 326 g/mol. The molecule has 54 valence electrons. The molecule has 0 saturated carbocycles. The average molecular weight is 331 g/mol. The number of halogens is 3. The second-order valence-corrected chi connectivity index (χ2v) is 4.38.